The van der Waals surface area contributed by atoms with Crippen molar-refractivity contribution in [3.8, 4) is 5.75 Å². The van der Waals surface area contributed by atoms with Crippen molar-refractivity contribution in [1.29, 1.82) is 0 Å². The Morgan fingerprint density at radius 1 is 1.03 bits per heavy atom. The molecule has 0 unspecified atom stereocenters. The Kier molecular flexibility index (Phi) is 6.70. The van der Waals surface area contributed by atoms with Crippen LogP contribution >= 0.6 is 11.3 Å². The first-order chi connectivity index (χ1) is 15.5. The maximum atomic E-state index is 12.9. The minimum Gasteiger partial charge on any atom is -0.494 e. The number of rotatable bonds is 7. The number of thiazole rings is 1. The topological polar surface area (TPSA) is 74.8 Å². The molecule has 3 aromatic rings. The molecular formula is C24H26N4O3S. The molecule has 1 saturated heterocycles. The SMILES string of the molecule is CCOc1ccc(Nc2nc(C(=O)N3CCN(c4ccc(C(C)=O)cc4)CC3)cs2)cc1. The van der Waals surface area contributed by atoms with Crippen LogP contribution in [0.1, 0.15) is 34.7 Å². The summed E-state index contributed by atoms with van der Waals surface area (Å²) >= 11 is 1.41. The Hall–Kier alpha value is -3.39. The lowest BCUT2D eigenvalue weighted by atomic mass is 10.1. The Morgan fingerprint density at radius 3 is 2.34 bits per heavy atom. The van der Waals surface area contributed by atoms with E-state index in [1.807, 2.05) is 60.4 Å². The fourth-order valence-corrected chi connectivity index (χ4v) is 4.30. The average molecular weight is 451 g/mol. The quantitative estimate of drug-likeness (QED) is 0.536. The fraction of sp³-hybridized carbons (Fsp3) is 0.292. The zero-order valence-electron chi connectivity index (χ0n) is 18.2. The van der Waals surface area contributed by atoms with Crippen LogP contribution in [0.2, 0.25) is 0 Å². The van der Waals surface area contributed by atoms with Gasteiger partial charge in [-0.25, -0.2) is 4.98 Å². The summed E-state index contributed by atoms with van der Waals surface area (Å²) in [5.41, 5.74) is 3.13. The Bertz CT molecular complexity index is 1070. The van der Waals surface area contributed by atoms with E-state index in [1.165, 1.54) is 11.3 Å². The van der Waals surface area contributed by atoms with Crippen molar-refractivity contribution in [2.45, 2.75) is 13.8 Å². The molecule has 4 rings (SSSR count). The van der Waals surface area contributed by atoms with E-state index in [2.05, 4.69) is 15.2 Å². The molecule has 1 amide bonds. The van der Waals surface area contributed by atoms with Gasteiger partial charge in [-0.3, -0.25) is 9.59 Å². The number of carbonyl (C=O) groups excluding carboxylic acids is 2. The molecule has 1 aliphatic rings. The van der Waals surface area contributed by atoms with Crippen molar-refractivity contribution < 1.29 is 14.3 Å². The van der Waals surface area contributed by atoms with Crippen molar-refractivity contribution in [1.82, 2.24) is 9.88 Å². The molecule has 0 radical (unpaired) electrons. The van der Waals surface area contributed by atoms with E-state index in [9.17, 15) is 9.59 Å². The molecular weight excluding hydrogens is 424 g/mol. The van der Waals surface area contributed by atoms with E-state index in [0.29, 0.717) is 36.1 Å². The van der Waals surface area contributed by atoms with Gasteiger partial charge in [0, 0.05) is 48.5 Å². The van der Waals surface area contributed by atoms with E-state index in [1.54, 1.807) is 12.3 Å². The highest BCUT2D eigenvalue weighted by Crippen LogP contribution is 2.24. The summed E-state index contributed by atoms with van der Waals surface area (Å²) in [5, 5.41) is 5.72. The van der Waals surface area contributed by atoms with Crippen molar-refractivity contribution >= 4 is 39.5 Å². The number of amides is 1. The van der Waals surface area contributed by atoms with E-state index < -0.39 is 0 Å². The summed E-state index contributed by atoms with van der Waals surface area (Å²) in [6, 6.07) is 15.3. The van der Waals surface area contributed by atoms with Crippen LogP contribution in [-0.4, -0.2) is 54.4 Å². The lowest BCUT2D eigenvalue weighted by molar-refractivity contribution is 0.0741. The first kappa shape index (κ1) is 21.8. The van der Waals surface area contributed by atoms with Gasteiger partial charge in [-0.1, -0.05) is 0 Å². The molecule has 7 nitrogen and oxygen atoms in total. The average Bonchev–Trinajstić information content (AvgIpc) is 3.29. The van der Waals surface area contributed by atoms with Crippen molar-refractivity contribution in [2.75, 3.05) is 43.0 Å². The van der Waals surface area contributed by atoms with Gasteiger partial charge in [-0.05, 0) is 62.4 Å². The molecule has 166 valence electrons. The Balaban J connectivity index is 1.32. The number of Topliss-reactive ketones (excluding diaryl/α,β-unsaturated/α-hetero) is 1. The summed E-state index contributed by atoms with van der Waals surface area (Å²) in [5.74, 6) is 0.834. The van der Waals surface area contributed by atoms with E-state index in [4.69, 9.17) is 4.74 Å². The van der Waals surface area contributed by atoms with Crippen LogP contribution in [0, 0.1) is 0 Å². The van der Waals surface area contributed by atoms with Gasteiger partial charge >= 0.3 is 0 Å². The summed E-state index contributed by atoms with van der Waals surface area (Å²) in [4.78, 5) is 32.9. The van der Waals surface area contributed by atoms with Crippen molar-refractivity contribution in [3.63, 3.8) is 0 Å². The third-order valence-electron chi connectivity index (χ3n) is 5.35. The zero-order chi connectivity index (χ0) is 22.5. The number of aromatic nitrogens is 1. The molecule has 0 saturated carbocycles. The zero-order valence-corrected chi connectivity index (χ0v) is 19.0. The number of ether oxygens (including phenoxy) is 1. The number of nitrogens with one attached hydrogen (secondary N) is 1. The highest BCUT2D eigenvalue weighted by Gasteiger charge is 2.24. The van der Waals surface area contributed by atoms with Crippen molar-refractivity contribution in [2.24, 2.45) is 0 Å². The van der Waals surface area contributed by atoms with Gasteiger partial charge in [0.15, 0.2) is 10.9 Å². The van der Waals surface area contributed by atoms with Crippen LogP contribution in [0.15, 0.2) is 53.9 Å². The minimum absolute atomic E-state index is 0.0485. The third-order valence-corrected chi connectivity index (χ3v) is 6.10. The number of ketones is 1. The minimum atomic E-state index is -0.0485. The smallest absolute Gasteiger partial charge is 0.273 e. The summed E-state index contributed by atoms with van der Waals surface area (Å²) < 4.78 is 5.46. The molecule has 1 aromatic heterocycles. The summed E-state index contributed by atoms with van der Waals surface area (Å²) in [7, 11) is 0. The molecule has 0 atom stereocenters. The molecule has 0 aliphatic carbocycles. The first-order valence-electron chi connectivity index (χ1n) is 10.6. The largest absolute Gasteiger partial charge is 0.494 e. The lowest BCUT2D eigenvalue weighted by Crippen LogP contribution is -2.48. The fourth-order valence-electron chi connectivity index (χ4n) is 3.59. The van der Waals surface area contributed by atoms with Gasteiger partial charge in [0.1, 0.15) is 11.4 Å². The van der Waals surface area contributed by atoms with Gasteiger partial charge in [-0.15, -0.1) is 11.3 Å². The molecule has 8 heteroatoms. The van der Waals surface area contributed by atoms with Gasteiger partial charge < -0.3 is 19.9 Å². The van der Waals surface area contributed by atoms with Crippen LogP contribution < -0.4 is 15.0 Å². The summed E-state index contributed by atoms with van der Waals surface area (Å²) in [6.45, 7) is 6.90. The monoisotopic (exact) mass is 450 g/mol. The third kappa shape index (κ3) is 5.08. The summed E-state index contributed by atoms with van der Waals surface area (Å²) in [6.07, 6.45) is 0. The molecule has 2 heterocycles. The second-order valence-corrected chi connectivity index (χ2v) is 8.36. The van der Waals surface area contributed by atoms with Crippen LogP contribution in [-0.2, 0) is 0 Å². The van der Waals surface area contributed by atoms with Gasteiger partial charge in [-0.2, -0.15) is 0 Å². The van der Waals surface area contributed by atoms with Crippen LogP contribution in [0.3, 0.4) is 0 Å². The molecule has 1 N–H and O–H groups in total. The number of anilines is 3. The molecule has 0 spiro atoms. The molecule has 0 bridgehead atoms. The van der Waals surface area contributed by atoms with Gasteiger partial charge in [0.25, 0.3) is 5.91 Å². The van der Waals surface area contributed by atoms with E-state index in [0.717, 1.165) is 30.2 Å². The number of hydrogen-bond donors (Lipinski definition) is 1. The van der Waals surface area contributed by atoms with Gasteiger partial charge in [0.2, 0.25) is 0 Å². The highest BCUT2D eigenvalue weighted by atomic mass is 32.1. The maximum absolute atomic E-state index is 12.9. The van der Waals surface area contributed by atoms with Gasteiger partial charge in [0.05, 0.1) is 6.61 Å². The highest BCUT2D eigenvalue weighted by molar-refractivity contribution is 7.14. The first-order valence-corrected chi connectivity index (χ1v) is 11.5. The van der Waals surface area contributed by atoms with Crippen LogP contribution in [0.4, 0.5) is 16.5 Å². The Morgan fingerprint density at radius 2 is 1.72 bits per heavy atom. The lowest BCUT2D eigenvalue weighted by Gasteiger charge is -2.35. The maximum Gasteiger partial charge on any atom is 0.273 e. The number of hydrogen-bond acceptors (Lipinski definition) is 7. The van der Waals surface area contributed by atoms with Crippen LogP contribution in [0.5, 0.6) is 5.75 Å². The molecule has 32 heavy (non-hydrogen) atoms. The normalized spacial score (nSPS) is 13.7. The number of benzene rings is 2. The second-order valence-electron chi connectivity index (χ2n) is 7.50. The van der Waals surface area contributed by atoms with E-state index in [-0.39, 0.29) is 11.7 Å². The number of carbonyl (C=O) groups is 2. The molecule has 2 aromatic carbocycles. The number of nitrogens with zero attached hydrogens (tertiary/aromatic N) is 3. The second kappa shape index (κ2) is 9.82. The van der Waals surface area contributed by atoms with Crippen molar-refractivity contribution in [3.05, 3.63) is 65.2 Å². The predicted octanol–water partition coefficient (Wildman–Crippen LogP) is 4.45. The molecule has 1 fully saturated rings. The predicted molar refractivity (Wildman–Crippen MR) is 128 cm³/mol. The molecule has 1 aliphatic heterocycles. The Labute approximate surface area is 191 Å². The van der Waals surface area contributed by atoms with E-state index >= 15 is 0 Å². The standard InChI is InChI=1S/C24H26N4O3S/c1-3-31-21-10-6-19(7-11-21)25-24-26-22(16-32-24)23(30)28-14-12-27(13-15-28)20-8-4-18(5-9-20)17(2)29/h4-11,16H,3,12-15H2,1-2H3,(H,25,26). The van der Waals surface area contributed by atoms with Crippen LogP contribution in [0.25, 0.3) is 0 Å². The number of piperazine rings is 1.